The second-order valence-electron chi connectivity index (χ2n) is 12.2. The summed E-state index contributed by atoms with van der Waals surface area (Å²) in [7, 11) is 0. The predicted octanol–water partition coefficient (Wildman–Crippen LogP) is 7.44. The van der Waals surface area contributed by atoms with Crippen LogP contribution in [0.5, 0.6) is 0 Å². The molecular weight excluding hydrogens is 564 g/mol. The molecule has 4 amide bonds. The quantitative estimate of drug-likeness (QED) is 0.110. The maximum absolute atomic E-state index is 14.0. The molecule has 7 rings (SSSR count). The van der Waals surface area contributed by atoms with Crippen molar-refractivity contribution in [1.29, 1.82) is 10.5 Å². The van der Waals surface area contributed by atoms with Gasteiger partial charge in [-0.3, -0.25) is 29.0 Å². The van der Waals surface area contributed by atoms with Crippen molar-refractivity contribution < 1.29 is 19.2 Å². The molecular formula is C37H30N4O4. The summed E-state index contributed by atoms with van der Waals surface area (Å²) in [5.41, 5.74) is 1.80. The molecule has 0 bridgehead atoms. The lowest BCUT2D eigenvalue weighted by molar-refractivity contribution is 0.0516. The van der Waals surface area contributed by atoms with Crippen molar-refractivity contribution in [2.75, 3.05) is 0 Å². The van der Waals surface area contributed by atoms with Gasteiger partial charge in [0.25, 0.3) is 23.6 Å². The van der Waals surface area contributed by atoms with Crippen LogP contribution in [0.15, 0.2) is 36.4 Å². The molecule has 8 heteroatoms. The fraction of sp³-hybridized carbons (Fsp3) is 0.297. The van der Waals surface area contributed by atoms with Crippen LogP contribution in [0.4, 0.5) is 0 Å². The van der Waals surface area contributed by atoms with Crippen LogP contribution in [0.3, 0.4) is 0 Å². The molecule has 2 atom stereocenters. The average molecular weight is 595 g/mol. The molecule has 0 saturated heterocycles. The van der Waals surface area contributed by atoms with E-state index in [1.165, 1.54) is 9.80 Å². The number of amides is 4. The maximum Gasteiger partial charge on any atom is 0.261 e. The molecule has 0 saturated carbocycles. The van der Waals surface area contributed by atoms with E-state index in [0.29, 0.717) is 73.5 Å². The predicted molar refractivity (Wildman–Crippen MR) is 171 cm³/mol. The molecule has 0 N–H and O–H groups in total. The third-order valence-electron chi connectivity index (χ3n) is 9.75. The van der Waals surface area contributed by atoms with Crippen molar-refractivity contribution >= 4 is 66.7 Å². The summed E-state index contributed by atoms with van der Waals surface area (Å²) >= 11 is 0. The minimum Gasteiger partial charge on any atom is -0.272 e. The summed E-state index contributed by atoms with van der Waals surface area (Å²) in [5, 5.41) is 25.2. The first kappa shape index (κ1) is 28.4. The highest BCUT2D eigenvalue weighted by Gasteiger charge is 2.40. The third kappa shape index (κ3) is 3.57. The summed E-state index contributed by atoms with van der Waals surface area (Å²) in [4.78, 5) is 58.4. The van der Waals surface area contributed by atoms with Crippen LogP contribution in [-0.2, 0) is 0 Å². The first-order valence-corrected chi connectivity index (χ1v) is 15.6. The molecule has 0 spiro atoms. The van der Waals surface area contributed by atoms with E-state index in [-0.39, 0.29) is 46.2 Å². The maximum atomic E-state index is 14.0. The van der Waals surface area contributed by atoms with E-state index in [1.807, 2.05) is 27.7 Å². The third-order valence-corrected chi connectivity index (χ3v) is 9.75. The molecule has 45 heavy (non-hydrogen) atoms. The number of carbonyl (C=O) groups is 4. The normalized spacial score (nSPS) is 15.9. The van der Waals surface area contributed by atoms with Crippen LogP contribution in [0.2, 0.25) is 0 Å². The van der Waals surface area contributed by atoms with Gasteiger partial charge in [-0.05, 0) is 61.2 Å². The largest absolute Gasteiger partial charge is 0.272 e. The topological polar surface area (TPSA) is 122 Å². The van der Waals surface area contributed by atoms with Gasteiger partial charge in [-0.2, -0.15) is 10.5 Å². The number of imide groups is 2. The smallest absolute Gasteiger partial charge is 0.261 e. The molecule has 2 aliphatic rings. The molecule has 0 aliphatic carbocycles. The molecule has 222 valence electrons. The number of fused-ring (bicyclic) bond motifs is 2. The summed E-state index contributed by atoms with van der Waals surface area (Å²) in [6.07, 6.45) is 3.54. The van der Waals surface area contributed by atoms with Gasteiger partial charge in [0.05, 0.1) is 34.4 Å². The molecule has 0 unspecified atom stereocenters. The number of nitrogens with zero attached hydrogens (tertiary/aromatic N) is 4. The molecule has 0 fully saturated rings. The summed E-state index contributed by atoms with van der Waals surface area (Å²) in [6.45, 7) is 7.81. The van der Waals surface area contributed by atoms with Crippen molar-refractivity contribution in [2.24, 2.45) is 0 Å². The number of benzene rings is 5. The molecule has 8 nitrogen and oxygen atoms in total. The number of hydrogen-bond acceptors (Lipinski definition) is 6. The van der Waals surface area contributed by atoms with Crippen LogP contribution < -0.4 is 0 Å². The van der Waals surface area contributed by atoms with Crippen molar-refractivity contribution in [3.63, 3.8) is 0 Å². The Kier molecular flexibility index (Phi) is 6.38. The highest BCUT2D eigenvalue weighted by atomic mass is 16.2. The van der Waals surface area contributed by atoms with Crippen LogP contribution in [0.1, 0.15) is 112 Å². The minimum absolute atomic E-state index is 0.246. The van der Waals surface area contributed by atoms with Gasteiger partial charge in [0, 0.05) is 55.5 Å². The van der Waals surface area contributed by atoms with E-state index in [0.717, 1.165) is 12.8 Å². The monoisotopic (exact) mass is 594 g/mol. The average Bonchev–Trinajstić information content (AvgIpc) is 3.04. The fourth-order valence-corrected chi connectivity index (χ4v) is 7.81. The van der Waals surface area contributed by atoms with Crippen molar-refractivity contribution in [3.8, 4) is 12.1 Å². The second kappa shape index (κ2) is 10.1. The fourth-order valence-electron chi connectivity index (χ4n) is 7.81. The van der Waals surface area contributed by atoms with Gasteiger partial charge in [-0.15, -0.1) is 0 Å². The zero-order chi connectivity index (χ0) is 31.9. The molecule has 0 radical (unpaired) electrons. The van der Waals surface area contributed by atoms with E-state index in [1.54, 1.807) is 36.4 Å². The molecule has 2 aliphatic heterocycles. The Morgan fingerprint density at radius 2 is 1.04 bits per heavy atom. The summed E-state index contributed by atoms with van der Waals surface area (Å²) in [6, 6.07) is 14.0. The Morgan fingerprint density at radius 1 is 0.600 bits per heavy atom. The molecule has 5 aromatic rings. The lowest BCUT2D eigenvalue weighted by Crippen LogP contribution is -2.47. The Bertz CT molecular complexity index is 2270. The van der Waals surface area contributed by atoms with Crippen molar-refractivity contribution in [3.05, 3.63) is 69.8 Å². The van der Waals surface area contributed by atoms with Crippen LogP contribution in [0, 0.1) is 22.7 Å². The zero-order valence-corrected chi connectivity index (χ0v) is 25.6. The van der Waals surface area contributed by atoms with Crippen molar-refractivity contribution in [2.45, 2.75) is 71.9 Å². The number of hydrogen-bond donors (Lipinski definition) is 0. The molecule has 0 aromatic heterocycles. The molecule has 2 heterocycles. The van der Waals surface area contributed by atoms with E-state index >= 15 is 0 Å². The standard InChI is InChI=1S/C37H30N4O4/c1-5-8-18(4)40-34(42)24-12-10-22-29-20(17-39)15-27-31-25(35(43)41(37(27)45)21(7-3)9-6-2)13-11-23(33(29)31)28-19(16-38)14-26(36(40)44)30(24)32(22)28/h10-15,18,21H,5-9H2,1-4H3/t18-,21-/m0/s1. The van der Waals surface area contributed by atoms with E-state index in [9.17, 15) is 29.7 Å². The van der Waals surface area contributed by atoms with E-state index in [4.69, 9.17) is 0 Å². The van der Waals surface area contributed by atoms with Gasteiger partial charge in [0.1, 0.15) is 0 Å². The summed E-state index contributed by atoms with van der Waals surface area (Å²) < 4.78 is 0. The number of rotatable bonds is 7. The molecule has 5 aromatic carbocycles. The zero-order valence-electron chi connectivity index (χ0n) is 25.6. The number of carbonyl (C=O) groups excluding carboxylic acids is 4. The number of nitriles is 2. The SMILES string of the molecule is CCC[C@H](CC)N1C(=O)c2ccc3c4c(C#N)cc5c6c(ccc(c7c(C#N)cc(c2c37)C1=O)c64)C(=O)N([C@@H](C)CCC)C5=O. The Hall–Kier alpha value is -5.34. The van der Waals surface area contributed by atoms with Gasteiger partial charge in [0.15, 0.2) is 0 Å². The van der Waals surface area contributed by atoms with Gasteiger partial charge in [-0.25, -0.2) is 0 Å². The van der Waals surface area contributed by atoms with Gasteiger partial charge < -0.3 is 0 Å². The first-order chi connectivity index (χ1) is 21.7. The highest BCUT2D eigenvalue weighted by molar-refractivity contribution is 6.42. The highest BCUT2D eigenvalue weighted by Crippen LogP contribution is 2.48. The lowest BCUT2D eigenvalue weighted by Gasteiger charge is -2.34. The van der Waals surface area contributed by atoms with E-state index < -0.39 is 11.8 Å². The van der Waals surface area contributed by atoms with E-state index in [2.05, 4.69) is 12.1 Å². The minimum atomic E-state index is -0.445. The van der Waals surface area contributed by atoms with Crippen molar-refractivity contribution in [1.82, 2.24) is 9.80 Å². The Labute approximate surface area is 259 Å². The van der Waals surface area contributed by atoms with Crippen LogP contribution in [0.25, 0.3) is 43.1 Å². The Morgan fingerprint density at radius 3 is 1.49 bits per heavy atom. The Balaban J connectivity index is 1.64. The van der Waals surface area contributed by atoms with Crippen LogP contribution >= 0.6 is 0 Å². The summed E-state index contributed by atoms with van der Waals surface area (Å²) in [5.74, 6) is -1.63. The van der Waals surface area contributed by atoms with Gasteiger partial charge >= 0.3 is 0 Å². The van der Waals surface area contributed by atoms with Gasteiger partial charge in [0.2, 0.25) is 0 Å². The lowest BCUT2D eigenvalue weighted by atomic mass is 9.79. The second-order valence-corrected chi connectivity index (χ2v) is 12.2. The first-order valence-electron chi connectivity index (χ1n) is 15.6. The van der Waals surface area contributed by atoms with Crippen LogP contribution in [-0.4, -0.2) is 45.5 Å². The van der Waals surface area contributed by atoms with Gasteiger partial charge in [-0.1, -0.05) is 45.7 Å².